The maximum Gasteiger partial charge on any atom is 0.248 e. The van der Waals surface area contributed by atoms with Gasteiger partial charge in [-0.25, -0.2) is 13.8 Å². The number of aromatic nitrogens is 2. The molecule has 0 spiro atoms. The van der Waals surface area contributed by atoms with E-state index in [9.17, 15) is 19.8 Å². The van der Waals surface area contributed by atoms with Crippen LogP contribution in [-0.2, 0) is 0 Å². The number of anilines is 2. The van der Waals surface area contributed by atoms with Crippen LogP contribution in [0.25, 0.3) is 10.9 Å². The van der Waals surface area contributed by atoms with E-state index < -0.39 is 29.6 Å². The van der Waals surface area contributed by atoms with Crippen LogP contribution in [0.1, 0.15) is 56.3 Å². The summed E-state index contributed by atoms with van der Waals surface area (Å²) in [6, 6.07) is 10.3. The van der Waals surface area contributed by atoms with Crippen LogP contribution in [-0.4, -0.2) is 21.0 Å². The Morgan fingerprint density at radius 1 is 1.12 bits per heavy atom. The van der Waals surface area contributed by atoms with E-state index in [1.165, 1.54) is 36.7 Å². The molecule has 1 unspecified atom stereocenters. The zero-order valence-corrected chi connectivity index (χ0v) is 23.1. The highest BCUT2D eigenvalue weighted by atomic mass is 35.5. The second kappa shape index (κ2) is 11.4. The zero-order valence-electron chi connectivity index (χ0n) is 23.4. The fourth-order valence-electron chi connectivity index (χ4n) is 4.85. The van der Waals surface area contributed by atoms with Crippen LogP contribution in [0.5, 0.6) is 0 Å². The van der Waals surface area contributed by atoms with Crippen molar-refractivity contribution in [3.63, 3.8) is 0 Å². The molecule has 42 heavy (non-hydrogen) atoms. The monoisotopic (exact) mass is 591 g/mol. The number of rotatable bonds is 9. The third-order valence-electron chi connectivity index (χ3n) is 7.19. The summed E-state index contributed by atoms with van der Waals surface area (Å²) < 4.78 is 51.0. The molecular formula is C30H26ClF3N8. The summed E-state index contributed by atoms with van der Waals surface area (Å²) in [6.07, 6.45) is 6.95. The summed E-state index contributed by atoms with van der Waals surface area (Å²) in [5.74, 6) is -2.71. The van der Waals surface area contributed by atoms with Gasteiger partial charge in [-0.1, -0.05) is 30.7 Å². The topological polar surface area (TPSA) is 101 Å². The van der Waals surface area contributed by atoms with Gasteiger partial charge < -0.3 is 16.1 Å². The lowest BCUT2D eigenvalue weighted by molar-refractivity contribution is 0.260. The van der Waals surface area contributed by atoms with Gasteiger partial charge in [0.1, 0.15) is 11.9 Å². The van der Waals surface area contributed by atoms with Crippen LogP contribution in [0.3, 0.4) is 0 Å². The molecule has 2 aromatic carbocycles. The minimum absolute atomic E-state index is 0.204. The highest BCUT2D eigenvalue weighted by Gasteiger charge is 2.32. The fourth-order valence-corrected chi connectivity index (χ4v) is 5.12. The molecule has 2 aliphatic rings. The molecule has 0 bridgehead atoms. The van der Waals surface area contributed by atoms with Crippen molar-refractivity contribution in [1.29, 1.82) is 5.26 Å². The standard InChI is InChI=1S/C30H26ClF3N8/c1-2-25(17-9-24(33)30(34)37-13-17)39-27-18(12-35)14-36-29-22(27)10-20(11-23(29)31)38-28(16-3-5-19(32)6-4-16)26-15-42(41-40-26)21-7-8-21/h3-6,9-11,13-15,21,25,28,38,40-41H,2,7-8H2,1H3,(H,36,39)/t25?,28-/m1/s1/i28D. The minimum atomic E-state index is -1.61. The second-order valence-electron chi connectivity index (χ2n) is 10.1. The molecule has 0 amide bonds. The molecule has 4 aromatic rings. The van der Waals surface area contributed by atoms with Gasteiger partial charge in [-0.3, -0.25) is 9.99 Å². The lowest BCUT2D eigenvalue weighted by Gasteiger charge is -2.23. The molecule has 1 aliphatic heterocycles. The number of fused-ring (bicyclic) bond motifs is 1. The van der Waals surface area contributed by atoms with Crippen LogP contribution < -0.4 is 21.6 Å². The predicted octanol–water partition coefficient (Wildman–Crippen LogP) is 6.62. The van der Waals surface area contributed by atoms with Gasteiger partial charge in [0, 0.05) is 35.7 Å². The number of benzene rings is 2. The van der Waals surface area contributed by atoms with Crippen molar-refractivity contribution in [2.45, 2.75) is 44.3 Å². The van der Waals surface area contributed by atoms with Gasteiger partial charge in [-0.05, 0) is 60.7 Å². The summed E-state index contributed by atoms with van der Waals surface area (Å²) in [7, 11) is 0. The van der Waals surface area contributed by atoms with E-state index >= 15 is 0 Å². The maximum absolute atomic E-state index is 14.0. The van der Waals surface area contributed by atoms with Crippen molar-refractivity contribution in [2.24, 2.45) is 0 Å². The van der Waals surface area contributed by atoms with E-state index in [0.29, 0.717) is 51.6 Å². The Bertz CT molecular complexity index is 1780. The largest absolute Gasteiger partial charge is 0.377 e. The summed E-state index contributed by atoms with van der Waals surface area (Å²) in [4.78, 5) is 7.89. The molecule has 0 saturated heterocycles. The first kappa shape index (κ1) is 26.4. The third-order valence-corrected chi connectivity index (χ3v) is 7.48. The second-order valence-corrected chi connectivity index (χ2v) is 10.5. The molecule has 214 valence electrons. The Kier molecular flexibility index (Phi) is 7.15. The summed E-state index contributed by atoms with van der Waals surface area (Å²) in [6.45, 7) is 1.85. The van der Waals surface area contributed by atoms with Crippen LogP contribution >= 0.6 is 11.6 Å². The van der Waals surface area contributed by atoms with E-state index in [0.717, 1.165) is 18.9 Å². The molecule has 4 N–H and O–H groups in total. The third kappa shape index (κ3) is 5.51. The number of pyridine rings is 2. The highest BCUT2D eigenvalue weighted by molar-refractivity contribution is 6.35. The van der Waals surface area contributed by atoms with Crippen molar-refractivity contribution in [1.82, 2.24) is 25.9 Å². The number of hydrazine groups is 2. The minimum Gasteiger partial charge on any atom is -0.377 e. The predicted molar refractivity (Wildman–Crippen MR) is 154 cm³/mol. The molecule has 6 rings (SSSR count). The Hall–Kier alpha value is -4.53. The molecule has 1 saturated carbocycles. The first-order chi connectivity index (χ1) is 20.7. The number of nitrogens with one attached hydrogen (secondary N) is 4. The lowest BCUT2D eigenvalue weighted by Crippen LogP contribution is -2.38. The molecule has 1 fully saturated rings. The van der Waals surface area contributed by atoms with Crippen molar-refractivity contribution >= 4 is 33.9 Å². The summed E-state index contributed by atoms with van der Waals surface area (Å²) in [5.41, 5.74) is 8.88. The first-order valence-corrected chi connectivity index (χ1v) is 13.7. The van der Waals surface area contributed by atoms with Gasteiger partial charge in [0.05, 0.1) is 40.9 Å². The smallest absolute Gasteiger partial charge is 0.248 e. The van der Waals surface area contributed by atoms with Crippen LogP contribution in [0, 0.1) is 28.9 Å². The zero-order chi connectivity index (χ0) is 30.3. The van der Waals surface area contributed by atoms with Crippen molar-refractivity contribution in [2.75, 3.05) is 10.6 Å². The highest BCUT2D eigenvalue weighted by Crippen LogP contribution is 2.38. The van der Waals surface area contributed by atoms with Gasteiger partial charge in [0.15, 0.2) is 5.82 Å². The quantitative estimate of drug-likeness (QED) is 0.161. The van der Waals surface area contributed by atoms with Gasteiger partial charge >= 0.3 is 0 Å². The molecule has 0 radical (unpaired) electrons. The molecule has 2 atom stereocenters. The van der Waals surface area contributed by atoms with Crippen LogP contribution in [0.2, 0.25) is 5.02 Å². The van der Waals surface area contributed by atoms with E-state index in [1.807, 2.05) is 18.1 Å². The molecule has 8 nitrogen and oxygen atoms in total. The van der Waals surface area contributed by atoms with Crippen molar-refractivity contribution in [3.8, 4) is 6.07 Å². The van der Waals surface area contributed by atoms with Crippen molar-refractivity contribution < 1.29 is 14.5 Å². The SMILES string of the molecule is [2H][C@](Nc1cc(Cl)c2ncc(C#N)c(NC(CC)c3cnc(F)c(F)c3)c2c1)(C1=CN(C2CC2)NN1)c1ccc(F)cc1. The Morgan fingerprint density at radius 3 is 2.60 bits per heavy atom. The average molecular weight is 592 g/mol. The Balaban J connectivity index is 1.44. The number of hydrogen-bond acceptors (Lipinski definition) is 8. The average Bonchev–Trinajstić information content (AvgIpc) is 3.73. The Morgan fingerprint density at radius 2 is 1.90 bits per heavy atom. The molecule has 12 heteroatoms. The van der Waals surface area contributed by atoms with Gasteiger partial charge in [-0.2, -0.15) is 9.65 Å². The van der Waals surface area contributed by atoms with E-state index in [2.05, 4.69) is 37.6 Å². The van der Waals surface area contributed by atoms with Crippen LogP contribution in [0.15, 0.2) is 66.8 Å². The normalized spacial score (nSPS) is 17.1. The maximum atomic E-state index is 14.0. The number of nitriles is 1. The van der Waals surface area contributed by atoms with Crippen molar-refractivity contribution in [3.05, 3.63) is 106 Å². The fraction of sp³-hybridized carbons (Fsp3) is 0.233. The molecule has 2 aromatic heterocycles. The van der Waals surface area contributed by atoms with Gasteiger partial charge in [0.2, 0.25) is 5.95 Å². The van der Waals surface area contributed by atoms with E-state index in [1.54, 1.807) is 12.1 Å². The Labute approximate surface area is 246 Å². The number of nitrogens with zero attached hydrogens (tertiary/aromatic N) is 4. The van der Waals surface area contributed by atoms with Gasteiger partial charge in [-0.15, -0.1) is 5.53 Å². The first-order valence-electron chi connectivity index (χ1n) is 13.9. The summed E-state index contributed by atoms with van der Waals surface area (Å²) in [5, 5.41) is 19.1. The van der Waals surface area contributed by atoms with Gasteiger partial charge in [0.25, 0.3) is 0 Å². The number of halogens is 4. The molecule has 1 aliphatic carbocycles. The van der Waals surface area contributed by atoms with E-state index in [-0.39, 0.29) is 10.6 Å². The molecular weight excluding hydrogens is 565 g/mol. The van der Waals surface area contributed by atoms with E-state index in [4.69, 9.17) is 11.6 Å². The summed E-state index contributed by atoms with van der Waals surface area (Å²) >= 11 is 6.71. The lowest BCUT2D eigenvalue weighted by atomic mass is 10.0. The van der Waals surface area contributed by atoms with Crippen LogP contribution in [0.4, 0.5) is 24.5 Å². The number of hydrogen-bond donors (Lipinski definition) is 4. The molecule has 3 heterocycles.